The van der Waals surface area contributed by atoms with Crippen molar-refractivity contribution in [2.45, 2.75) is 19.7 Å². The van der Waals surface area contributed by atoms with Crippen LogP contribution in [0.2, 0.25) is 0 Å². The van der Waals surface area contributed by atoms with Crippen molar-refractivity contribution in [1.82, 2.24) is 0 Å². The fourth-order valence-electron chi connectivity index (χ4n) is 0. The first-order chi connectivity index (χ1) is 3.64. The standard InChI is InChI=1S/C4H11OP.CH4O/c1-3(2)4(5)6;1-2/h3-5H,6H2,1-2H3;2H,1H3. The maximum Gasteiger partial charge on any atom is 0.0696 e. The molecule has 2 N–H and O–H groups in total. The summed E-state index contributed by atoms with van der Waals surface area (Å²) in [5.74, 6) is 0.139. The minimum atomic E-state index is -0.231. The van der Waals surface area contributed by atoms with Crippen molar-refractivity contribution >= 4 is 9.24 Å². The molecule has 0 aliphatic heterocycles. The molecule has 0 heterocycles. The summed E-state index contributed by atoms with van der Waals surface area (Å²) in [5, 5.41) is 15.6. The van der Waals surface area contributed by atoms with Gasteiger partial charge >= 0.3 is 0 Å². The molecule has 0 aromatic carbocycles. The van der Waals surface area contributed by atoms with Gasteiger partial charge in [0.2, 0.25) is 0 Å². The van der Waals surface area contributed by atoms with Crippen LogP contribution >= 0.6 is 9.24 Å². The molecule has 0 aromatic rings. The highest BCUT2D eigenvalue weighted by Crippen LogP contribution is 2.06. The molecule has 0 rings (SSSR count). The van der Waals surface area contributed by atoms with Crippen molar-refractivity contribution in [2.75, 3.05) is 7.11 Å². The summed E-state index contributed by atoms with van der Waals surface area (Å²) in [6.45, 7) is 3.94. The molecule has 3 heteroatoms. The van der Waals surface area contributed by atoms with E-state index in [0.29, 0.717) is 5.92 Å². The van der Waals surface area contributed by atoms with Crippen LogP contribution in [0.3, 0.4) is 0 Å². The number of hydrogen-bond acceptors (Lipinski definition) is 2. The Morgan fingerprint density at radius 1 is 1.25 bits per heavy atom. The van der Waals surface area contributed by atoms with Gasteiger partial charge in [-0.15, -0.1) is 9.24 Å². The minimum Gasteiger partial charge on any atom is -0.400 e. The molecule has 2 unspecified atom stereocenters. The second-order valence-corrected chi connectivity index (χ2v) is 2.42. The highest BCUT2D eigenvalue weighted by molar-refractivity contribution is 7.17. The zero-order valence-electron chi connectivity index (χ0n) is 5.63. The first-order valence-electron chi connectivity index (χ1n) is 2.53. The molecule has 2 nitrogen and oxygen atoms in total. The molecule has 52 valence electrons. The summed E-state index contributed by atoms with van der Waals surface area (Å²) in [6.07, 6.45) is 0. The van der Waals surface area contributed by atoms with E-state index in [4.69, 9.17) is 10.2 Å². The first kappa shape index (κ1) is 11.2. The van der Waals surface area contributed by atoms with Crippen LogP contribution < -0.4 is 0 Å². The zero-order valence-corrected chi connectivity index (χ0v) is 6.78. The van der Waals surface area contributed by atoms with Crippen LogP contribution in [0.15, 0.2) is 0 Å². The van der Waals surface area contributed by atoms with E-state index >= 15 is 0 Å². The Labute approximate surface area is 53.1 Å². The second-order valence-electron chi connectivity index (χ2n) is 1.73. The van der Waals surface area contributed by atoms with E-state index in [0.717, 1.165) is 7.11 Å². The number of hydrogen-bond donors (Lipinski definition) is 2. The van der Waals surface area contributed by atoms with E-state index in [2.05, 4.69) is 9.24 Å². The first-order valence-corrected chi connectivity index (χ1v) is 3.19. The van der Waals surface area contributed by atoms with Gasteiger partial charge in [-0.1, -0.05) is 13.8 Å². The third kappa shape index (κ3) is 9.61. The van der Waals surface area contributed by atoms with Crippen LogP contribution in [0.25, 0.3) is 0 Å². The molecule has 2 atom stereocenters. The van der Waals surface area contributed by atoms with E-state index in [9.17, 15) is 0 Å². The molecule has 0 aromatic heterocycles. The molecular formula is C5H15O2P. The van der Waals surface area contributed by atoms with Gasteiger partial charge in [0, 0.05) is 7.11 Å². The Morgan fingerprint density at radius 3 is 1.38 bits per heavy atom. The minimum absolute atomic E-state index is 0.231. The lowest BCUT2D eigenvalue weighted by atomic mass is 10.2. The highest BCUT2D eigenvalue weighted by atomic mass is 31.0. The lowest BCUT2D eigenvalue weighted by Crippen LogP contribution is -2.03. The normalized spacial score (nSPS) is 12.4. The third-order valence-corrected chi connectivity index (χ3v) is 1.45. The van der Waals surface area contributed by atoms with Gasteiger partial charge in [0.1, 0.15) is 0 Å². The van der Waals surface area contributed by atoms with Crippen molar-refractivity contribution in [1.29, 1.82) is 0 Å². The largest absolute Gasteiger partial charge is 0.400 e. The predicted molar refractivity (Wildman–Crippen MR) is 38.7 cm³/mol. The molecule has 0 fully saturated rings. The SMILES string of the molecule is CC(C)C(O)P.CO. The Morgan fingerprint density at radius 2 is 1.38 bits per heavy atom. The van der Waals surface area contributed by atoms with Gasteiger partial charge in [-0.3, -0.25) is 0 Å². The molecular weight excluding hydrogens is 123 g/mol. The molecule has 0 aliphatic rings. The molecule has 0 bridgehead atoms. The van der Waals surface area contributed by atoms with Gasteiger partial charge in [-0.05, 0) is 5.92 Å². The van der Waals surface area contributed by atoms with Crippen molar-refractivity contribution in [3.63, 3.8) is 0 Å². The Bertz CT molecular complexity index is 31.4. The van der Waals surface area contributed by atoms with Crippen molar-refractivity contribution in [3.05, 3.63) is 0 Å². The lowest BCUT2D eigenvalue weighted by Gasteiger charge is -2.04. The average Bonchev–Trinajstić information content (AvgIpc) is 1.72. The van der Waals surface area contributed by atoms with Crippen LogP contribution in [0, 0.1) is 5.92 Å². The van der Waals surface area contributed by atoms with E-state index in [1.54, 1.807) is 0 Å². The quantitative estimate of drug-likeness (QED) is 0.516. The fourth-order valence-corrected chi connectivity index (χ4v) is 0. The van der Waals surface area contributed by atoms with E-state index in [1.807, 2.05) is 13.8 Å². The van der Waals surface area contributed by atoms with Gasteiger partial charge in [-0.2, -0.15) is 0 Å². The topological polar surface area (TPSA) is 40.5 Å². The summed E-state index contributed by atoms with van der Waals surface area (Å²) in [6, 6.07) is 0. The summed E-state index contributed by atoms with van der Waals surface area (Å²) >= 11 is 0. The maximum atomic E-state index is 8.59. The second kappa shape index (κ2) is 7.35. The van der Waals surface area contributed by atoms with Gasteiger partial charge in [0.25, 0.3) is 0 Å². The van der Waals surface area contributed by atoms with Crippen LogP contribution in [-0.4, -0.2) is 23.2 Å². The van der Waals surface area contributed by atoms with Gasteiger partial charge in [0.15, 0.2) is 0 Å². The van der Waals surface area contributed by atoms with Crippen molar-refractivity contribution in [3.8, 4) is 0 Å². The van der Waals surface area contributed by atoms with Gasteiger partial charge < -0.3 is 10.2 Å². The summed E-state index contributed by atoms with van der Waals surface area (Å²) in [7, 11) is 3.33. The fraction of sp³-hybridized carbons (Fsp3) is 1.00. The monoisotopic (exact) mass is 138 g/mol. The summed E-state index contributed by atoms with van der Waals surface area (Å²) < 4.78 is 0. The smallest absolute Gasteiger partial charge is 0.0696 e. The predicted octanol–water partition coefficient (Wildman–Crippen LogP) is 0.444. The highest BCUT2D eigenvalue weighted by Gasteiger charge is 1.97. The molecule has 8 heavy (non-hydrogen) atoms. The average molecular weight is 138 g/mol. The van der Waals surface area contributed by atoms with Crippen LogP contribution in [0.5, 0.6) is 0 Å². The number of aliphatic hydroxyl groups is 2. The Balaban J connectivity index is 0. The molecule has 0 spiro atoms. The van der Waals surface area contributed by atoms with Crippen molar-refractivity contribution in [2.24, 2.45) is 5.92 Å². The van der Waals surface area contributed by atoms with Crippen LogP contribution in [0.1, 0.15) is 13.8 Å². The molecule has 0 amide bonds. The molecule has 0 saturated heterocycles. The number of rotatable bonds is 1. The third-order valence-electron chi connectivity index (χ3n) is 0.683. The van der Waals surface area contributed by atoms with E-state index < -0.39 is 0 Å². The maximum absolute atomic E-state index is 8.59. The lowest BCUT2D eigenvalue weighted by molar-refractivity contribution is 0.211. The molecule has 0 saturated carbocycles. The van der Waals surface area contributed by atoms with Gasteiger partial charge in [-0.25, -0.2) is 0 Å². The van der Waals surface area contributed by atoms with E-state index in [1.165, 1.54) is 0 Å². The van der Waals surface area contributed by atoms with Crippen molar-refractivity contribution < 1.29 is 10.2 Å². The zero-order chi connectivity index (χ0) is 7.15. The van der Waals surface area contributed by atoms with Crippen LogP contribution in [0.4, 0.5) is 0 Å². The summed E-state index contributed by atoms with van der Waals surface area (Å²) in [4.78, 5) is 0. The molecule has 0 radical (unpaired) electrons. The summed E-state index contributed by atoms with van der Waals surface area (Å²) in [5.41, 5.74) is 0. The number of aliphatic hydroxyl groups excluding tert-OH is 2. The van der Waals surface area contributed by atoms with Gasteiger partial charge in [0.05, 0.1) is 5.85 Å². The Hall–Kier alpha value is 0.350. The molecule has 0 aliphatic carbocycles. The van der Waals surface area contributed by atoms with Crippen LogP contribution in [-0.2, 0) is 0 Å². The Kier molecular flexibility index (Phi) is 10.3. The van der Waals surface area contributed by atoms with E-state index in [-0.39, 0.29) is 5.85 Å².